The Hall–Kier alpha value is -1.62. The second-order valence-electron chi connectivity index (χ2n) is 5.80. The van der Waals surface area contributed by atoms with Crippen LogP contribution in [-0.2, 0) is 16.0 Å². The number of ether oxygens (including phenoxy) is 1. The first-order chi connectivity index (χ1) is 10.9. The molecule has 3 aromatic rings. The van der Waals surface area contributed by atoms with Gasteiger partial charge in [-0.3, -0.25) is 9.69 Å². The van der Waals surface area contributed by atoms with Gasteiger partial charge in [-0.1, -0.05) is 23.7 Å². The van der Waals surface area contributed by atoms with Crippen LogP contribution in [0.4, 0.5) is 0 Å². The molecule has 0 saturated heterocycles. The van der Waals surface area contributed by atoms with Gasteiger partial charge in [0.15, 0.2) is 6.23 Å². The zero-order valence-corrected chi connectivity index (χ0v) is 14.9. The monoisotopic (exact) mass is 347 g/mol. The van der Waals surface area contributed by atoms with Crippen LogP contribution in [0.25, 0.3) is 20.2 Å². The molecule has 0 aliphatic rings. The van der Waals surface area contributed by atoms with E-state index in [1.165, 1.54) is 10.1 Å². The first kappa shape index (κ1) is 16.2. The first-order valence-electron chi connectivity index (χ1n) is 7.40. The average molecular weight is 348 g/mol. The molecule has 0 saturated carbocycles. The molecule has 1 atom stereocenters. The molecule has 0 amide bonds. The molecule has 3 rings (SSSR count). The molecule has 1 heterocycles. The Bertz CT molecular complexity index is 872. The lowest BCUT2D eigenvalue weighted by Crippen LogP contribution is -2.30. The van der Waals surface area contributed by atoms with E-state index < -0.39 is 0 Å². The summed E-state index contributed by atoms with van der Waals surface area (Å²) in [6.45, 7) is 1.86. The largest absolute Gasteiger partial charge is 0.446 e. The number of nitrogens with zero attached hydrogens (tertiary/aromatic N) is 1. The highest BCUT2D eigenvalue weighted by Crippen LogP contribution is 2.35. The highest BCUT2D eigenvalue weighted by Gasteiger charge is 2.13. The fourth-order valence-electron chi connectivity index (χ4n) is 2.41. The minimum atomic E-state index is -0.224. The molecule has 0 aliphatic heterocycles. The molecular weight excluding hydrogens is 330 g/mol. The van der Waals surface area contributed by atoms with Crippen molar-refractivity contribution in [1.82, 2.24) is 4.90 Å². The molecule has 0 spiro atoms. The summed E-state index contributed by atoms with van der Waals surface area (Å²) in [5.74, 6) is -0.213. The van der Waals surface area contributed by atoms with Crippen LogP contribution in [0.2, 0.25) is 5.02 Å². The Kier molecular flexibility index (Phi) is 4.57. The van der Waals surface area contributed by atoms with Crippen LogP contribution in [0.15, 0.2) is 36.4 Å². The fraction of sp³-hybridized carbons (Fsp3) is 0.278. The number of thiophene rings is 1. The van der Waals surface area contributed by atoms with Crippen molar-refractivity contribution in [3.8, 4) is 0 Å². The van der Waals surface area contributed by atoms with Crippen LogP contribution in [0.1, 0.15) is 12.5 Å². The smallest absolute Gasteiger partial charge is 0.311 e. The Morgan fingerprint density at radius 3 is 2.70 bits per heavy atom. The summed E-state index contributed by atoms with van der Waals surface area (Å²) in [6.07, 6.45) is 0.0565. The molecule has 5 heteroatoms. The van der Waals surface area contributed by atoms with Gasteiger partial charge in [-0.2, -0.15) is 0 Å². The Labute approximate surface area is 144 Å². The quantitative estimate of drug-likeness (QED) is 0.506. The second-order valence-corrected chi connectivity index (χ2v) is 7.32. The minimum absolute atomic E-state index is 0.213. The number of carbonyl (C=O) groups is 1. The van der Waals surface area contributed by atoms with E-state index in [0.29, 0.717) is 0 Å². The van der Waals surface area contributed by atoms with Crippen LogP contribution in [0.3, 0.4) is 0 Å². The summed E-state index contributed by atoms with van der Waals surface area (Å²) in [7, 11) is 3.76. The summed E-state index contributed by atoms with van der Waals surface area (Å²) in [6, 6.07) is 12.0. The van der Waals surface area contributed by atoms with E-state index in [-0.39, 0.29) is 18.6 Å². The average Bonchev–Trinajstić information content (AvgIpc) is 2.83. The zero-order valence-electron chi connectivity index (χ0n) is 13.3. The highest BCUT2D eigenvalue weighted by atomic mass is 35.5. The third-order valence-corrected chi connectivity index (χ3v) is 5.24. The van der Waals surface area contributed by atoms with Crippen molar-refractivity contribution in [2.24, 2.45) is 0 Å². The van der Waals surface area contributed by atoms with E-state index in [1.807, 2.05) is 50.2 Å². The van der Waals surface area contributed by atoms with Gasteiger partial charge in [-0.05, 0) is 50.8 Å². The lowest BCUT2D eigenvalue weighted by atomic mass is 10.1. The van der Waals surface area contributed by atoms with E-state index in [0.717, 1.165) is 20.7 Å². The lowest BCUT2D eigenvalue weighted by molar-refractivity contribution is -0.154. The van der Waals surface area contributed by atoms with Gasteiger partial charge < -0.3 is 4.74 Å². The van der Waals surface area contributed by atoms with Crippen molar-refractivity contribution < 1.29 is 9.53 Å². The molecule has 1 aromatic heterocycles. The van der Waals surface area contributed by atoms with Gasteiger partial charge in [0.25, 0.3) is 0 Å². The molecule has 120 valence electrons. The topological polar surface area (TPSA) is 29.5 Å². The van der Waals surface area contributed by atoms with Gasteiger partial charge >= 0.3 is 5.97 Å². The van der Waals surface area contributed by atoms with E-state index in [2.05, 4.69) is 12.1 Å². The molecule has 23 heavy (non-hydrogen) atoms. The number of rotatable bonds is 4. The van der Waals surface area contributed by atoms with Crippen LogP contribution in [-0.4, -0.2) is 31.2 Å². The van der Waals surface area contributed by atoms with E-state index >= 15 is 0 Å². The molecule has 1 unspecified atom stereocenters. The molecular formula is C18H18ClNO2S. The number of fused-ring (bicyclic) bond motifs is 3. The molecule has 0 fully saturated rings. The van der Waals surface area contributed by atoms with Crippen LogP contribution >= 0.6 is 22.9 Å². The Morgan fingerprint density at radius 1 is 1.17 bits per heavy atom. The van der Waals surface area contributed by atoms with Crippen LogP contribution < -0.4 is 0 Å². The van der Waals surface area contributed by atoms with Gasteiger partial charge in [-0.25, -0.2) is 0 Å². The number of halogens is 1. The summed E-state index contributed by atoms with van der Waals surface area (Å²) in [5.41, 5.74) is 0.964. The minimum Gasteiger partial charge on any atom is -0.446 e. The van der Waals surface area contributed by atoms with Gasteiger partial charge in [0.2, 0.25) is 0 Å². The predicted molar refractivity (Wildman–Crippen MR) is 97.3 cm³/mol. The maximum Gasteiger partial charge on any atom is 0.311 e. The Morgan fingerprint density at radius 2 is 1.96 bits per heavy atom. The van der Waals surface area contributed by atoms with Crippen molar-refractivity contribution >= 4 is 49.1 Å². The number of benzene rings is 2. The maximum atomic E-state index is 12.0. The number of carbonyl (C=O) groups excluding carboxylic acids is 1. The van der Waals surface area contributed by atoms with Gasteiger partial charge in [0.05, 0.1) is 6.42 Å². The molecule has 3 nitrogen and oxygen atoms in total. The highest BCUT2D eigenvalue weighted by molar-refractivity contribution is 7.25. The lowest BCUT2D eigenvalue weighted by Gasteiger charge is -2.19. The van der Waals surface area contributed by atoms with Crippen molar-refractivity contribution in [3.05, 3.63) is 47.0 Å². The van der Waals surface area contributed by atoms with E-state index in [1.54, 1.807) is 11.3 Å². The normalized spacial score (nSPS) is 12.9. The Balaban J connectivity index is 1.86. The van der Waals surface area contributed by atoms with E-state index in [4.69, 9.17) is 16.3 Å². The van der Waals surface area contributed by atoms with Crippen LogP contribution in [0, 0.1) is 0 Å². The van der Waals surface area contributed by atoms with Crippen molar-refractivity contribution in [3.63, 3.8) is 0 Å². The summed E-state index contributed by atoms with van der Waals surface area (Å²) in [5, 5.41) is 3.07. The molecule has 0 bridgehead atoms. The SMILES string of the molecule is CC(OC(=O)Cc1ccc2c(c1)sc1ccc(Cl)cc12)N(C)C. The van der Waals surface area contributed by atoms with Gasteiger partial charge in [0.1, 0.15) is 0 Å². The van der Waals surface area contributed by atoms with Gasteiger partial charge in [0, 0.05) is 25.2 Å². The van der Waals surface area contributed by atoms with Crippen molar-refractivity contribution in [1.29, 1.82) is 0 Å². The fourth-order valence-corrected chi connectivity index (χ4v) is 3.73. The predicted octanol–water partition coefficient (Wildman–Crippen LogP) is 4.70. The molecule has 2 aromatic carbocycles. The van der Waals surface area contributed by atoms with Crippen molar-refractivity contribution in [2.45, 2.75) is 19.6 Å². The number of hydrogen-bond donors (Lipinski definition) is 0. The summed E-state index contributed by atoms with van der Waals surface area (Å²) in [4.78, 5) is 13.9. The van der Waals surface area contributed by atoms with Crippen LogP contribution in [0.5, 0.6) is 0 Å². The standard InChI is InChI=1S/C18H18ClNO2S/c1-11(20(2)3)22-18(21)9-12-4-6-14-15-10-13(19)5-7-16(15)23-17(14)8-12/h4-8,10-11H,9H2,1-3H3. The van der Waals surface area contributed by atoms with Crippen molar-refractivity contribution in [2.75, 3.05) is 14.1 Å². The van der Waals surface area contributed by atoms with E-state index in [9.17, 15) is 4.79 Å². The third kappa shape index (κ3) is 3.50. The number of esters is 1. The second kappa shape index (κ2) is 6.48. The molecule has 0 radical (unpaired) electrons. The third-order valence-electron chi connectivity index (χ3n) is 3.88. The summed E-state index contributed by atoms with van der Waals surface area (Å²) >= 11 is 7.80. The zero-order chi connectivity index (χ0) is 16.6. The first-order valence-corrected chi connectivity index (χ1v) is 8.60. The molecule has 0 N–H and O–H groups in total. The maximum absolute atomic E-state index is 12.0. The van der Waals surface area contributed by atoms with Gasteiger partial charge in [-0.15, -0.1) is 11.3 Å². The number of hydrogen-bond acceptors (Lipinski definition) is 4. The molecule has 0 aliphatic carbocycles. The summed E-state index contributed by atoms with van der Waals surface area (Å²) < 4.78 is 7.74.